The molecule has 2 atom stereocenters. The monoisotopic (exact) mass is 623 g/mol. The molecule has 0 heterocycles. The van der Waals surface area contributed by atoms with Gasteiger partial charge >= 0.3 is 12.1 Å². The van der Waals surface area contributed by atoms with Gasteiger partial charge in [0.05, 0.1) is 5.69 Å². The maximum Gasteiger partial charge on any atom is 0.412 e. The second kappa shape index (κ2) is 13.0. The van der Waals surface area contributed by atoms with E-state index in [1.165, 1.54) is 6.08 Å². The van der Waals surface area contributed by atoms with Gasteiger partial charge in [-0.2, -0.15) is 0 Å². The fraction of sp³-hybridized carbons (Fsp3) is 0.133. The summed E-state index contributed by atoms with van der Waals surface area (Å²) in [5.74, 6) is -0.549. The minimum atomic E-state index is -1.05. The van der Waals surface area contributed by atoms with Gasteiger partial charge in [-0.3, -0.25) is 5.32 Å². The van der Waals surface area contributed by atoms with Gasteiger partial charge in [-0.15, -0.1) is 0 Å². The van der Waals surface area contributed by atoms with Crippen LogP contribution in [-0.2, 0) is 9.53 Å². The zero-order valence-corrected chi connectivity index (χ0v) is 22.4. The number of hydrogen-bond donors (Lipinski definition) is 3. The van der Waals surface area contributed by atoms with E-state index in [0.717, 1.165) is 20.4 Å². The molecule has 4 aromatic carbocycles. The van der Waals surface area contributed by atoms with Gasteiger partial charge < -0.3 is 19.7 Å². The molecule has 0 spiro atoms. The molecule has 0 aliphatic heterocycles. The molecule has 0 aliphatic rings. The van der Waals surface area contributed by atoms with Crippen LogP contribution in [0.25, 0.3) is 10.8 Å². The van der Waals surface area contributed by atoms with Gasteiger partial charge in [0.2, 0.25) is 0 Å². The average Bonchev–Trinajstić information content (AvgIpc) is 2.91. The number of aliphatic carboxylic acids is 1. The summed E-state index contributed by atoms with van der Waals surface area (Å²) in [6.07, 6.45) is 0.787. The van der Waals surface area contributed by atoms with E-state index in [2.05, 4.69) is 27.9 Å². The normalized spacial score (nSPS) is 12.7. The average molecular weight is 623 g/mol. The number of aromatic hydroxyl groups is 1. The summed E-state index contributed by atoms with van der Waals surface area (Å²) in [4.78, 5) is 24.2. The summed E-state index contributed by atoms with van der Waals surface area (Å²) >= 11 is 2.12. The highest BCUT2D eigenvalue weighted by Gasteiger charge is 2.31. The zero-order chi connectivity index (χ0) is 26.9. The third-order valence-corrected chi connectivity index (χ3v) is 6.47. The number of phenols is 1. The van der Waals surface area contributed by atoms with Crippen molar-refractivity contribution in [3.8, 4) is 11.5 Å². The van der Waals surface area contributed by atoms with E-state index < -0.39 is 24.3 Å². The van der Waals surface area contributed by atoms with Crippen molar-refractivity contribution in [3.63, 3.8) is 0 Å². The summed E-state index contributed by atoms with van der Waals surface area (Å²) in [6, 6.07) is 27.3. The van der Waals surface area contributed by atoms with Crippen LogP contribution in [0.4, 0.5) is 10.5 Å². The fourth-order valence-corrected chi connectivity index (χ4v) is 4.59. The quantitative estimate of drug-likeness (QED) is 0.126. The number of benzene rings is 4. The SMILES string of the molecule is O=C(O)/C=C/CC[C@H](Oc1ccccc1)[C@@H](OC(=O)Nc1cccc2ccccc12)c1cc(I)ccc1O. The first-order chi connectivity index (χ1) is 18.4. The van der Waals surface area contributed by atoms with Crippen LogP contribution in [-0.4, -0.2) is 28.4 Å². The minimum absolute atomic E-state index is 0.0453. The lowest BCUT2D eigenvalue weighted by molar-refractivity contribution is -0.131. The van der Waals surface area contributed by atoms with Gasteiger partial charge in [-0.05, 0) is 77.2 Å². The molecule has 3 N–H and O–H groups in total. The van der Waals surface area contributed by atoms with Crippen molar-refractivity contribution in [1.82, 2.24) is 0 Å². The van der Waals surface area contributed by atoms with Crippen molar-refractivity contribution in [1.29, 1.82) is 0 Å². The summed E-state index contributed by atoms with van der Waals surface area (Å²) < 4.78 is 13.0. The number of carboxylic acids is 1. The lowest BCUT2D eigenvalue weighted by Crippen LogP contribution is -2.31. The van der Waals surface area contributed by atoms with Crippen molar-refractivity contribution < 1.29 is 29.3 Å². The number of para-hydroxylation sites is 1. The molecule has 38 heavy (non-hydrogen) atoms. The van der Waals surface area contributed by atoms with E-state index in [4.69, 9.17) is 14.6 Å². The maximum atomic E-state index is 13.2. The molecule has 0 bridgehead atoms. The summed E-state index contributed by atoms with van der Waals surface area (Å²) in [6.45, 7) is 0. The van der Waals surface area contributed by atoms with Gasteiger partial charge in [0, 0.05) is 20.6 Å². The first-order valence-electron chi connectivity index (χ1n) is 12.0. The number of carbonyl (C=O) groups is 2. The Hall–Kier alpha value is -4.05. The van der Waals surface area contributed by atoms with Crippen molar-refractivity contribution in [2.24, 2.45) is 0 Å². The standard InChI is InChI=1S/C30H26INO6/c31-21-17-18-26(33)24(19-21)29(27(15-6-7-16-28(34)35)37-22-11-2-1-3-12-22)38-30(36)32-25-14-8-10-20-9-4-5-13-23(20)25/h1-5,7-14,16-19,27,29,33H,6,15H2,(H,32,36)(H,34,35)/b16-7+/t27-,29-/m0/s1. The van der Waals surface area contributed by atoms with Crippen molar-refractivity contribution >= 4 is 51.1 Å². The second-order valence-corrected chi connectivity index (χ2v) is 9.71. The molecule has 0 saturated carbocycles. The number of hydrogen-bond acceptors (Lipinski definition) is 5. The predicted octanol–water partition coefficient (Wildman–Crippen LogP) is 7.31. The highest BCUT2D eigenvalue weighted by molar-refractivity contribution is 14.1. The molecule has 194 valence electrons. The molecule has 0 aliphatic carbocycles. The Morgan fingerprint density at radius 2 is 1.68 bits per heavy atom. The summed E-state index contributed by atoms with van der Waals surface area (Å²) in [7, 11) is 0. The van der Waals surface area contributed by atoms with E-state index >= 15 is 0 Å². The number of amides is 1. The Kier molecular flexibility index (Phi) is 9.21. The Bertz CT molecular complexity index is 1430. The van der Waals surface area contributed by atoms with Crippen LogP contribution in [0, 0.1) is 3.57 Å². The minimum Gasteiger partial charge on any atom is -0.508 e. The van der Waals surface area contributed by atoms with Crippen LogP contribution in [0.3, 0.4) is 0 Å². The molecule has 8 heteroatoms. The molecule has 4 aromatic rings. The molecule has 0 fully saturated rings. The molecule has 0 radical (unpaired) electrons. The van der Waals surface area contributed by atoms with Crippen molar-refractivity contribution in [3.05, 3.63) is 112 Å². The molecule has 0 unspecified atom stereocenters. The van der Waals surface area contributed by atoms with E-state index in [1.807, 2.05) is 54.6 Å². The number of carboxylic acid groups (broad SMARTS) is 1. The Labute approximate surface area is 233 Å². The zero-order valence-electron chi connectivity index (χ0n) is 20.3. The smallest absolute Gasteiger partial charge is 0.412 e. The highest BCUT2D eigenvalue weighted by Crippen LogP contribution is 2.35. The Morgan fingerprint density at radius 3 is 2.47 bits per heavy atom. The van der Waals surface area contributed by atoms with Crippen LogP contribution in [0.1, 0.15) is 24.5 Å². The number of phenolic OH excluding ortho intramolecular Hbond substituents is 1. The molecule has 0 saturated heterocycles. The second-order valence-electron chi connectivity index (χ2n) is 8.47. The van der Waals surface area contributed by atoms with Crippen LogP contribution in [0.15, 0.2) is 103 Å². The van der Waals surface area contributed by atoms with Gasteiger partial charge in [0.25, 0.3) is 0 Å². The topological polar surface area (TPSA) is 105 Å². The first-order valence-corrected chi connectivity index (χ1v) is 13.0. The highest BCUT2D eigenvalue weighted by atomic mass is 127. The summed E-state index contributed by atoms with van der Waals surface area (Å²) in [5.41, 5.74) is 0.969. The van der Waals surface area contributed by atoms with Crippen LogP contribution >= 0.6 is 22.6 Å². The Morgan fingerprint density at radius 1 is 0.947 bits per heavy atom. The lowest BCUT2D eigenvalue weighted by atomic mass is 9.99. The van der Waals surface area contributed by atoms with E-state index in [0.29, 0.717) is 29.8 Å². The third kappa shape index (κ3) is 7.25. The van der Waals surface area contributed by atoms with Gasteiger partial charge in [-0.1, -0.05) is 60.7 Å². The predicted molar refractivity (Wildman–Crippen MR) is 154 cm³/mol. The molecular weight excluding hydrogens is 597 g/mol. The molecule has 7 nitrogen and oxygen atoms in total. The maximum absolute atomic E-state index is 13.2. The number of halogens is 1. The number of ether oxygens (including phenoxy) is 2. The van der Waals surface area contributed by atoms with E-state index in [-0.39, 0.29) is 5.75 Å². The summed E-state index contributed by atoms with van der Waals surface area (Å²) in [5, 5.41) is 24.4. The molecule has 1 amide bonds. The van der Waals surface area contributed by atoms with Gasteiger partial charge in [-0.25, -0.2) is 9.59 Å². The number of anilines is 1. The first kappa shape index (κ1) is 27.0. The largest absolute Gasteiger partial charge is 0.508 e. The number of fused-ring (bicyclic) bond motifs is 1. The molecule has 0 aromatic heterocycles. The van der Waals surface area contributed by atoms with E-state index in [1.54, 1.807) is 36.4 Å². The van der Waals surface area contributed by atoms with Crippen molar-refractivity contribution in [2.75, 3.05) is 5.32 Å². The number of carbonyl (C=O) groups excluding carboxylic acids is 1. The van der Waals surface area contributed by atoms with Crippen LogP contribution in [0.5, 0.6) is 11.5 Å². The van der Waals surface area contributed by atoms with Gasteiger partial charge in [0.1, 0.15) is 17.6 Å². The van der Waals surface area contributed by atoms with E-state index in [9.17, 15) is 14.7 Å². The van der Waals surface area contributed by atoms with Gasteiger partial charge in [0.15, 0.2) is 6.10 Å². The van der Waals surface area contributed by atoms with Crippen LogP contribution in [0.2, 0.25) is 0 Å². The Balaban J connectivity index is 1.66. The third-order valence-electron chi connectivity index (χ3n) is 5.80. The number of rotatable bonds is 10. The molecular formula is C30H26INO6. The lowest BCUT2D eigenvalue weighted by Gasteiger charge is -2.29. The number of allylic oxidation sites excluding steroid dienone is 1. The van der Waals surface area contributed by atoms with Crippen molar-refractivity contribution in [2.45, 2.75) is 25.0 Å². The number of nitrogens with one attached hydrogen (secondary N) is 1. The van der Waals surface area contributed by atoms with Crippen LogP contribution < -0.4 is 10.1 Å². The fourth-order valence-electron chi connectivity index (χ4n) is 4.07. The molecule has 4 rings (SSSR count).